The highest BCUT2D eigenvalue weighted by molar-refractivity contribution is 6.31. The van der Waals surface area contributed by atoms with Crippen molar-refractivity contribution < 1.29 is 18.6 Å². The molecule has 0 radical (unpaired) electrons. The highest BCUT2D eigenvalue weighted by Crippen LogP contribution is 2.26. The lowest BCUT2D eigenvalue weighted by Crippen LogP contribution is -2.09. The summed E-state index contributed by atoms with van der Waals surface area (Å²) in [6.07, 6.45) is -0.728. The number of benzene rings is 1. The number of hydrogen-bond acceptors (Lipinski definition) is 2. The summed E-state index contributed by atoms with van der Waals surface area (Å²) in [6.45, 7) is 1.41. The molecule has 0 aliphatic heterocycles. The van der Waals surface area contributed by atoms with Crippen LogP contribution in [0.3, 0.4) is 0 Å². The predicted octanol–water partition coefficient (Wildman–Crippen LogP) is 2.69. The summed E-state index contributed by atoms with van der Waals surface area (Å²) in [4.78, 5) is 0. The number of hydrogen-bond donors (Lipinski definition) is 1. The molecule has 1 N–H and O–H groups in total. The minimum atomic E-state index is -1.01. The van der Waals surface area contributed by atoms with Gasteiger partial charge in [0.2, 0.25) is 0 Å². The van der Waals surface area contributed by atoms with Crippen molar-refractivity contribution in [1.82, 2.24) is 0 Å². The molecule has 1 rings (SSSR count). The normalized spacial score (nSPS) is 12.9. The van der Waals surface area contributed by atoms with Gasteiger partial charge in [0.1, 0.15) is 0 Å². The van der Waals surface area contributed by atoms with Gasteiger partial charge in [0.15, 0.2) is 11.6 Å². The Morgan fingerprint density at radius 2 is 2.06 bits per heavy atom. The SMILES string of the molecule is COCc1c(Cl)cc(CC(C)O)c(F)c1F. The molecule has 1 unspecified atom stereocenters. The Bertz CT molecular complexity index is 381. The van der Waals surface area contributed by atoms with E-state index in [1.165, 1.54) is 20.1 Å². The van der Waals surface area contributed by atoms with Crippen LogP contribution in [0, 0.1) is 11.6 Å². The van der Waals surface area contributed by atoms with Crippen LogP contribution in [0.25, 0.3) is 0 Å². The molecule has 5 heteroatoms. The number of aliphatic hydroxyl groups excluding tert-OH is 1. The molecule has 0 saturated carbocycles. The molecule has 0 amide bonds. The minimum absolute atomic E-state index is 0.00369. The van der Waals surface area contributed by atoms with Crippen LogP contribution in [0.1, 0.15) is 18.1 Å². The molecule has 0 aromatic heterocycles. The number of ether oxygens (including phenoxy) is 1. The summed E-state index contributed by atoms with van der Waals surface area (Å²) in [5.41, 5.74) is 0.0633. The molecule has 0 bridgehead atoms. The Morgan fingerprint density at radius 3 is 2.56 bits per heavy atom. The highest BCUT2D eigenvalue weighted by Gasteiger charge is 2.18. The maximum Gasteiger partial charge on any atom is 0.166 e. The second-order valence-electron chi connectivity index (χ2n) is 3.61. The van der Waals surface area contributed by atoms with Crippen molar-refractivity contribution in [2.75, 3.05) is 7.11 Å². The van der Waals surface area contributed by atoms with Gasteiger partial charge in [-0.15, -0.1) is 0 Å². The fourth-order valence-electron chi connectivity index (χ4n) is 1.43. The first-order valence-electron chi connectivity index (χ1n) is 4.79. The second kappa shape index (κ2) is 5.57. The molecular formula is C11H13ClF2O2. The molecule has 90 valence electrons. The zero-order valence-electron chi connectivity index (χ0n) is 9.06. The first kappa shape index (κ1) is 13.4. The van der Waals surface area contributed by atoms with Gasteiger partial charge in [0.05, 0.1) is 12.7 Å². The zero-order valence-corrected chi connectivity index (χ0v) is 9.81. The van der Waals surface area contributed by atoms with Crippen molar-refractivity contribution in [3.8, 4) is 0 Å². The van der Waals surface area contributed by atoms with E-state index in [4.69, 9.17) is 21.4 Å². The van der Waals surface area contributed by atoms with E-state index in [9.17, 15) is 8.78 Å². The maximum absolute atomic E-state index is 13.5. The van der Waals surface area contributed by atoms with Crippen molar-refractivity contribution in [2.45, 2.75) is 26.1 Å². The first-order valence-corrected chi connectivity index (χ1v) is 5.17. The molecular weight excluding hydrogens is 238 g/mol. The van der Waals surface area contributed by atoms with E-state index in [0.29, 0.717) is 0 Å². The number of halogens is 3. The Kier molecular flexibility index (Phi) is 4.65. The molecule has 0 saturated heterocycles. The average molecular weight is 251 g/mol. The first-order chi connectivity index (χ1) is 7.47. The molecule has 16 heavy (non-hydrogen) atoms. The lowest BCUT2D eigenvalue weighted by molar-refractivity contribution is 0.180. The highest BCUT2D eigenvalue weighted by atomic mass is 35.5. The van der Waals surface area contributed by atoms with Crippen LogP contribution in [-0.2, 0) is 17.8 Å². The molecule has 0 fully saturated rings. The van der Waals surface area contributed by atoms with Crippen LogP contribution in [0.2, 0.25) is 5.02 Å². The Labute approximate surface area is 97.8 Å². The van der Waals surface area contributed by atoms with Gasteiger partial charge in [0, 0.05) is 24.1 Å². The third-order valence-corrected chi connectivity index (χ3v) is 2.47. The standard InChI is InChI=1S/C11H13ClF2O2/c1-6(15)3-7-4-9(12)8(5-16-2)11(14)10(7)13/h4,6,15H,3,5H2,1-2H3. The van der Waals surface area contributed by atoms with E-state index in [1.54, 1.807) is 0 Å². The van der Waals surface area contributed by atoms with Gasteiger partial charge in [-0.1, -0.05) is 11.6 Å². The molecule has 0 heterocycles. The van der Waals surface area contributed by atoms with Gasteiger partial charge in [-0.2, -0.15) is 0 Å². The summed E-state index contributed by atoms with van der Waals surface area (Å²) in [7, 11) is 1.37. The van der Waals surface area contributed by atoms with Crippen molar-refractivity contribution in [1.29, 1.82) is 0 Å². The lowest BCUT2D eigenvalue weighted by atomic mass is 10.0. The van der Waals surface area contributed by atoms with Crippen LogP contribution in [-0.4, -0.2) is 18.3 Å². The third kappa shape index (κ3) is 2.90. The molecule has 0 spiro atoms. The van der Waals surface area contributed by atoms with Gasteiger partial charge in [-0.25, -0.2) is 8.78 Å². The molecule has 1 aromatic rings. The molecule has 1 atom stereocenters. The lowest BCUT2D eigenvalue weighted by Gasteiger charge is -2.11. The monoisotopic (exact) mass is 250 g/mol. The largest absolute Gasteiger partial charge is 0.393 e. The zero-order chi connectivity index (χ0) is 12.3. The van der Waals surface area contributed by atoms with E-state index in [0.717, 1.165) is 0 Å². The van der Waals surface area contributed by atoms with Gasteiger partial charge >= 0.3 is 0 Å². The molecule has 0 aliphatic rings. The number of methoxy groups -OCH3 is 1. The summed E-state index contributed by atoms with van der Waals surface area (Å²) < 4.78 is 31.8. The van der Waals surface area contributed by atoms with Crippen LogP contribution in [0.4, 0.5) is 8.78 Å². The topological polar surface area (TPSA) is 29.5 Å². The summed E-state index contributed by atoms with van der Waals surface area (Å²) in [5, 5.41) is 9.24. The minimum Gasteiger partial charge on any atom is -0.393 e. The van der Waals surface area contributed by atoms with E-state index in [2.05, 4.69) is 0 Å². The Balaban J connectivity index is 3.16. The van der Waals surface area contributed by atoms with Crippen molar-refractivity contribution in [3.05, 3.63) is 33.9 Å². The van der Waals surface area contributed by atoms with Crippen molar-refractivity contribution in [3.63, 3.8) is 0 Å². The van der Waals surface area contributed by atoms with Crippen LogP contribution < -0.4 is 0 Å². The van der Waals surface area contributed by atoms with Crippen molar-refractivity contribution in [2.24, 2.45) is 0 Å². The molecule has 0 aliphatic carbocycles. The fraction of sp³-hybridized carbons (Fsp3) is 0.455. The van der Waals surface area contributed by atoms with Crippen LogP contribution in [0.5, 0.6) is 0 Å². The van der Waals surface area contributed by atoms with Gasteiger partial charge in [-0.3, -0.25) is 0 Å². The Hall–Kier alpha value is -0.710. The third-order valence-electron chi connectivity index (χ3n) is 2.13. The summed E-state index contributed by atoms with van der Waals surface area (Å²) in [6, 6.07) is 1.32. The second-order valence-corrected chi connectivity index (χ2v) is 4.02. The van der Waals surface area contributed by atoms with E-state index in [1.807, 2.05) is 0 Å². The average Bonchev–Trinajstić information content (AvgIpc) is 2.20. The van der Waals surface area contributed by atoms with E-state index >= 15 is 0 Å². The fourth-order valence-corrected chi connectivity index (χ4v) is 1.69. The quantitative estimate of drug-likeness (QED) is 0.833. The van der Waals surface area contributed by atoms with Crippen LogP contribution in [0.15, 0.2) is 6.07 Å². The summed E-state index contributed by atoms with van der Waals surface area (Å²) in [5.74, 6) is -1.98. The molecule has 1 aromatic carbocycles. The van der Waals surface area contributed by atoms with Crippen molar-refractivity contribution >= 4 is 11.6 Å². The van der Waals surface area contributed by atoms with Gasteiger partial charge in [-0.05, 0) is 18.6 Å². The number of aliphatic hydroxyl groups is 1. The molecule has 2 nitrogen and oxygen atoms in total. The smallest absolute Gasteiger partial charge is 0.166 e. The predicted molar refractivity (Wildman–Crippen MR) is 57.5 cm³/mol. The van der Waals surface area contributed by atoms with Gasteiger partial charge < -0.3 is 9.84 Å². The maximum atomic E-state index is 13.5. The van der Waals surface area contributed by atoms with Gasteiger partial charge in [0.25, 0.3) is 0 Å². The Morgan fingerprint density at radius 1 is 1.44 bits per heavy atom. The van der Waals surface area contributed by atoms with E-state index < -0.39 is 17.7 Å². The van der Waals surface area contributed by atoms with E-state index in [-0.39, 0.29) is 29.2 Å². The number of rotatable bonds is 4. The summed E-state index contributed by atoms with van der Waals surface area (Å²) >= 11 is 5.80. The van der Waals surface area contributed by atoms with Crippen LogP contribution >= 0.6 is 11.6 Å².